The van der Waals surface area contributed by atoms with Gasteiger partial charge in [-0.3, -0.25) is 14.4 Å². The topological polar surface area (TPSA) is 70.8 Å². The maximum atomic E-state index is 12.3. The number of hydrogen-bond acceptors (Lipinski definition) is 5. The average molecular weight is 308 g/mol. The number of carbonyl (C=O) groups is 1. The number of carbonyl (C=O) groups excluding carboxylic acids is 1. The van der Waals surface area contributed by atoms with Crippen LogP contribution in [0.25, 0.3) is 0 Å². The quantitative estimate of drug-likeness (QED) is 0.799. The minimum Gasteiger partial charge on any atom is -0.390 e. The van der Waals surface area contributed by atoms with E-state index in [9.17, 15) is 9.90 Å². The summed E-state index contributed by atoms with van der Waals surface area (Å²) in [4.78, 5) is 16.4. The molecule has 2 unspecified atom stereocenters. The predicted molar refractivity (Wildman–Crippen MR) is 80.2 cm³/mol. The summed E-state index contributed by atoms with van der Waals surface area (Å²) in [5, 5.41) is 14.2. The summed E-state index contributed by atoms with van der Waals surface area (Å²) in [5.74, 6) is 0.134. The van der Waals surface area contributed by atoms with Crippen LogP contribution in [0, 0.1) is 0 Å². The third-order valence-electron chi connectivity index (χ3n) is 4.32. The fraction of sp³-hybridized carbons (Fsp3) is 0.733. The van der Waals surface area contributed by atoms with E-state index in [1.807, 2.05) is 17.2 Å². The molecule has 2 aliphatic heterocycles. The Morgan fingerprint density at radius 2 is 2.14 bits per heavy atom. The number of β-amino-alcohol motifs (C(OH)–C–C–N with tert-alkyl or cyclic N) is 1. The van der Waals surface area contributed by atoms with E-state index in [1.165, 1.54) is 0 Å². The molecule has 7 nitrogen and oxygen atoms in total. The zero-order valence-electron chi connectivity index (χ0n) is 12.8. The van der Waals surface area contributed by atoms with Gasteiger partial charge in [0.1, 0.15) is 6.10 Å². The van der Waals surface area contributed by atoms with Crippen LogP contribution in [0.2, 0.25) is 0 Å². The molecule has 3 heterocycles. The summed E-state index contributed by atoms with van der Waals surface area (Å²) >= 11 is 0. The van der Waals surface area contributed by atoms with Gasteiger partial charge in [0.15, 0.2) is 0 Å². The van der Waals surface area contributed by atoms with Crippen molar-refractivity contribution in [3.63, 3.8) is 0 Å². The van der Waals surface area contributed by atoms with Crippen LogP contribution in [0.5, 0.6) is 0 Å². The van der Waals surface area contributed by atoms with Crippen molar-refractivity contribution in [3.05, 3.63) is 18.5 Å². The van der Waals surface area contributed by atoms with E-state index in [0.717, 1.165) is 25.9 Å². The molecule has 0 saturated carbocycles. The second-order valence-corrected chi connectivity index (χ2v) is 6.01. The van der Waals surface area contributed by atoms with E-state index >= 15 is 0 Å². The summed E-state index contributed by atoms with van der Waals surface area (Å²) < 4.78 is 7.20. The van der Waals surface area contributed by atoms with Crippen molar-refractivity contribution < 1.29 is 14.6 Å². The van der Waals surface area contributed by atoms with Crippen molar-refractivity contribution >= 4 is 5.91 Å². The summed E-state index contributed by atoms with van der Waals surface area (Å²) in [7, 11) is 0. The number of ether oxygens (including phenoxy) is 1. The number of rotatable bonds is 5. The summed E-state index contributed by atoms with van der Waals surface area (Å²) in [6.07, 6.45) is 4.72. The van der Waals surface area contributed by atoms with Crippen LogP contribution in [-0.2, 0) is 16.1 Å². The van der Waals surface area contributed by atoms with Crippen LogP contribution in [0.4, 0.5) is 0 Å². The molecule has 1 N–H and O–H groups in total. The van der Waals surface area contributed by atoms with Crippen molar-refractivity contribution in [1.29, 1.82) is 0 Å². The number of hydrogen-bond donors (Lipinski definition) is 1. The Hall–Kier alpha value is -1.44. The number of aliphatic hydroxyl groups is 1. The zero-order valence-corrected chi connectivity index (χ0v) is 12.8. The highest BCUT2D eigenvalue weighted by atomic mass is 16.5. The molecule has 22 heavy (non-hydrogen) atoms. The molecule has 7 heteroatoms. The number of amides is 1. The third kappa shape index (κ3) is 3.85. The first-order valence-electron chi connectivity index (χ1n) is 8.00. The lowest BCUT2D eigenvalue weighted by molar-refractivity contribution is -0.142. The second-order valence-electron chi connectivity index (χ2n) is 6.01. The summed E-state index contributed by atoms with van der Waals surface area (Å²) in [6, 6.07) is 1.85. The molecule has 0 spiro atoms. The lowest BCUT2D eigenvalue weighted by atomic mass is 10.2. The van der Waals surface area contributed by atoms with Gasteiger partial charge in [-0.25, -0.2) is 0 Å². The Balaban J connectivity index is 1.40. The average Bonchev–Trinajstić information content (AvgIpc) is 3.20. The minimum atomic E-state index is -0.444. The number of aliphatic hydroxyl groups excluding tert-OH is 1. The van der Waals surface area contributed by atoms with Crippen LogP contribution in [0.1, 0.15) is 12.8 Å². The van der Waals surface area contributed by atoms with Crippen molar-refractivity contribution in [2.75, 3.05) is 39.3 Å². The molecule has 2 atom stereocenters. The number of aromatic nitrogens is 2. The Morgan fingerprint density at radius 3 is 2.77 bits per heavy atom. The highest BCUT2D eigenvalue weighted by Gasteiger charge is 2.30. The molecule has 2 aliphatic rings. The Bertz CT molecular complexity index is 465. The molecule has 122 valence electrons. The predicted octanol–water partition coefficient (Wildman–Crippen LogP) is -0.433. The zero-order chi connectivity index (χ0) is 15.4. The molecule has 0 radical (unpaired) electrons. The van der Waals surface area contributed by atoms with Crippen LogP contribution in [-0.4, -0.2) is 82.1 Å². The van der Waals surface area contributed by atoms with Gasteiger partial charge in [-0.05, 0) is 18.9 Å². The van der Waals surface area contributed by atoms with Crippen LogP contribution >= 0.6 is 0 Å². The smallest absolute Gasteiger partial charge is 0.251 e. The molecule has 0 bridgehead atoms. The van der Waals surface area contributed by atoms with E-state index in [0.29, 0.717) is 32.8 Å². The maximum absolute atomic E-state index is 12.3. The first kappa shape index (κ1) is 15.5. The van der Waals surface area contributed by atoms with Crippen LogP contribution in [0.3, 0.4) is 0 Å². The molecule has 2 fully saturated rings. The third-order valence-corrected chi connectivity index (χ3v) is 4.32. The largest absolute Gasteiger partial charge is 0.390 e. The van der Waals surface area contributed by atoms with E-state index in [4.69, 9.17) is 4.74 Å². The molecule has 1 amide bonds. The van der Waals surface area contributed by atoms with Gasteiger partial charge in [0.2, 0.25) is 0 Å². The normalized spacial score (nSPS) is 24.6. The van der Waals surface area contributed by atoms with Gasteiger partial charge in [0.25, 0.3) is 5.91 Å². The fourth-order valence-electron chi connectivity index (χ4n) is 3.11. The lowest BCUT2D eigenvalue weighted by Gasteiger charge is -2.36. The number of piperazine rings is 1. The van der Waals surface area contributed by atoms with Gasteiger partial charge in [-0.15, -0.1) is 0 Å². The SMILES string of the molecule is O=C(C1CCCO1)N1CCN(CC(O)Cn2cccn2)CC1. The van der Waals surface area contributed by atoms with Crippen molar-refractivity contribution in [2.45, 2.75) is 31.6 Å². The Morgan fingerprint density at radius 1 is 1.32 bits per heavy atom. The molecule has 0 aliphatic carbocycles. The van der Waals surface area contributed by atoms with E-state index < -0.39 is 6.10 Å². The van der Waals surface area contributed by atoms with Gasteiger partial charge < -0.3 is 14.7 Å². The van der Waals surface area contributed by atoms with E-state index in [1.54, 1.807) is 10.9 Å². The summed E-state index contributed by atoms with van der Waals surface area (Å²) in [6.45, 7) is 4.85. The summed E-state index contributed by atoms with van der Waals surface area (Å²) in [5.41, 5.74) is 0. The van der Waals surface area contributed by atoms with Gasteiger partial charge in [0, 0.05) is 51.7 Å². The van der Waals surface area contributed by atoms with Crippen molar-refractivity contribution in [2.24, 2.45) is 0 Å². The van der Waals surface area contributed by atoms with Gasteiger partial charge in [-0.1, -0.05) is 0 Å². The molecule has 1 aromatic heterocycles. The van der Waals surface area contributed by atoms with Gasteiger partial charge in [-0.2, -0.15) is 5.10 Å². The van der Waals surface area contributed by atoms with Crippen LogP contribution < -0.4 is 0 Å². The molecular weight excluding hydrogens is 284 g/mol. The van der Waals surface area contributed by atoms with Crippen LogP contribution in [0.15, 0.2) is 18.5 Å². The number of nitrogens with zero attached hydrogens (tertiary/aromatic N) is 4. The Labute approximate surface area is 130 Å². The molecule has 1 aromatic rings. The van der Waals surface area contributed by atoms with Gasteiger partial charge >= 0.3 is 0 Å². The monoisotopic (exact) mass is 308 g/mol. The lowest BCUT2D eigenvalue weighted by Crippen LogP contribution is -2.52. The first-order valence-corrected chi connectivity index (χ1v) is 8.00. The maximum Gasteiger partial charge on any atom is 0.251 e. The van der Waals surface area contributed by atoms with E-state index in [2.05, 4.69) is 10.00 Å². The Kier molecular flexibility index (Phi) is 5.07. The molecular formula is C15H24N4O3. The van der Waals surface area contributed by atoms with Crippen molar-refractivity contribution in [3.8, 4) is 0 Å². The highest BCUT2D eigenvalue weighted by molar-refractivity contribution is 5.81. The van der Waals surface area contributed by atoms with Gasteiger partial charge in [0.05, 0.1) is 12.6 Å². The van der Waals surface area contributed by atoms with Crippen molar-refractivity contribution in [1.82, 2.24) is 19.6 Å². The molecule has 3 rings (SSSR count). The fourth-order valence-corrected chi connectivity index (χ4v) is 3.11. The highest BCUT2D eigenvalue weighted by Crippen LogP contribution is 2.16. The first-order chi connectivity index (χ1) is 10.7. The standard InChI is InChI=1S/C15H24N4O3/c20-13(12-19-5-2-4-16-19)11-17-6-8-18(9-7-17)15(21)14-3-1-10-22-14/h2,4-5,13-14,20H,1,3,6-12H2. The second kappa shape index (κ2) is 7.21. The molecule has 2 saturated heterocycles. The molecule has 0 aromatic carbocycles. The minimum absolute atomic E-state index is 0.134. The van der Waals surface area contributed by atoms with E-state index in [-0.39, 0.29) is 12.0 Å².